The first-order valence-corrected chi connectivity index (χ1v) is 8.99. The normalized spacial score (nSPS) is 24.2. The summed E-state index contributed by atoms with van der Waals surface area (Å²) < 4.78 is 0. The molecule has 2 heterocycles. The van der Waals surface area contributed by atoms with Gasteiger partial charge in [0.1, 0.15) is 0 Å². The number of piperidine rings is 1. The van der Waals surface area contributed by atoms with E-state index in [0.717, 1.165) is 44.3 Å². The minimum Gasteiger partial charge on any atom is -0.481 e. The zero-order chi connectivity index (χ0) is 17.1. The SMILES string of the molecule is CCc1ccc(C2C(C(=O)O)CCCN2C(=O)N2CCCC2)cc1. The third-order valence-corrected chi connectivity index (χ3v) is 5.30. The van der Waals surface area contributed by atoms with Crippen molar-refractivity contribution in [3.63, 3.8) is 0 Å². The summed E-state index contributed by atoms with van der Waals surface area (Å²) in [5.74, 6) is -1.34. The van der Waals surface area contributed by atoms with E-state index in [4.69, 9.17) is 0 Å². The Kier molecular flexibility index (Phi) is 5.07. The Morgan fingerprint density at radius 1 is 1.08 bits per heavy atom. The molecule has 2 unspecified atom stereocenters. The first-order valence-electron chi connectivity index (χ1n) is 8.99. The van der Waals surface area contributed by atoms with Gasteiger partial charge in [-0.15, -0.1) is 0 Å². The Balaban J connectivity index is 1.91. The zero-order valence-electron chi connectivity index (χ0n) is 14.3. The molecule has 0 saturated carbocycles. The van der Waals surface area contributed by atoms with Crippen molar-refractivity contribution < 1.29 is 14.7 Å². The van der Waals surface area contributed by atoms with Crippen LogP contribution in [-0.2, 0) is 11.2 Å². The van der Waals surface area contributed by atoms with Crippen molar-refractivity contribution in [3.8, 4) is 0 Å². The summed E-state index contributed by atoms with van der Waals surface area (Å²) in [7, 11) is 0. The van der Waals surface area contributed by atoms with Gasteiger partial charge in [0, 0.05) is 19.6 Å². The molecule has 1 aromatic carbocycles. The molecule has 2 fully saturated rings. The summed E-state index contributed by atoms with van der Waals surface area (Å²) >= 11 is 0. The van der Waals surface area contributed by atoms with Gasteiger partial charge in [0.05, 0.1) is 12.0 Å². The van der Waals surface area contributed by atoms with Gasteiger partial charge in [0.25, 0.3) is 0 Å². The lowest BCUT2D eigenvalue weighted by molar-refractivity contribution is -0.145. The molecule has 1 aromatic rings. The molecule has 0 radical (unpaired) electrons. The number of benzene rings is 1. The number of aliphatic carboxylic acids is 1. The van der Waals surface area contributed by atoms with Crippen LogP contribution >= 0.6 is 0 Å². The highest BCUT2D eigenvalue weighted by Gasteiger charge is 2.41. The summed E-state index contributed by atoms with van der Waals surface area (Å²) in [6.45, 7) is 4.31. The van der Waals surface area contributed by atoms with Crippen LogP contribution in [0.1, 0.15) is 49.8 Å². The third kappa shape index (κ3) is 3.25. The van der Waals surface area contributed by atoms with Crippen LogP contribution in [0.4, 0.5) is 4.79 Å². The molecule has 5 heteroatoms. The van der Waals surface area contributed by atoms with E-state index in [2.05, 4.69) is 6.92 Å². The highest BCUT2D eigenvalue weighted by atomic mass is 16.4. The second kappa shape index (κ2) is 7.24. The van der Waals surface area contributed by atoms with Crippen molar-refractivity contribution in [2.75, 3.05) is 19.6 Å². The van der Waals surface area contributed by atoms with Crippen LogP contribution in [0.5, 0.6) is 0 Å². The number of hydrogen-bond donors (Lipinski definition) is 1. The molecule has 1 N–H and O–H groups in total. The quantitative estimate of drug-likeness (QED) is 0.925. The standard InChI is InChI=1S/C19H26N2O3/c1-2-14-7-9-15(10-8-14)17-16(18(22)23)6-5-13-21(17)19(24)20-11-3-4-12-20/h7-10,16-17H,2-6,11-13H2,1H3,(H,22,23). The highest BCUT2D eigenvalue weighted by molar-refractivity contribution is 5.78. The third-order valence-electron chi connectivity index (χ3n) is 5.30. The van der Waals surface area contributed by atoms with Crippen molar-refractivity contribution in [3.05, 3.63) is 35.4 Å². The van der Waals surface area contributed by atoms with E-state index < -0.39 is 11.9 Å². The number of carboxylic acid groups (broad SMARTS) is 1. The molecular formula is C19H26N2O3. The van der Waals surface area contributed by atoms with E-state index in [1.165, 1.54) is 5.56 Å². The summed E-state index contributed by atoms with van der Waals surface area (Å²) in [5, 5.41) is 9.68. The zero-order valence-corrected chi connectivity index (χ0v) is 14.3. The first kappa shape index (κ1) is 16.8. The second-order valence-corrected chi connectivity index (χ2v) is 6.80. The molecule has 0 aliphatic carbocycles. The molecule has 3 rings (SSSR count). The maximum absolute atomic E-state index is 12.9. The number of likely N-dealkylation sites (tertiary alicyclic amines) is 2. The van der Waals surface area contributed by atoms with Gasteiger partial charge in [-0.05, 0) is 43.2 Å². The number of urea groups is 1. The lowest BCUT2D eigenvalue weighted by Gasteiger charge is -2.41. The van der Waals surface area contributed by atoms with Gasteiger partial charge in [-0.2, -0.15) is 0 Å². The van der Waals surface area contributed by atoms with Crippen molar-refractivity contribution in [1.29, 1.82) is 0 Å². The van der Waals surface area contributed by atoms with E-state index in [9.17, 15) is 14.7 Å². The Labute approximate surface area is 143 Å². The fourth-order valence-corrected chi connectivity index (χ4v) is 3.92. The van der Waals surface area contributed by atoms with Crippen LogP contribution in [0.2, 0.25) is 0 Å². The van der Waals surface area contributed by atoms with Gasteiger partial charge in [0.2, 0.25) is 0 Å². The van der Waals surface area contributed by atoms with E-state index >= 15 is 0 Å². The second-order valence-electron chi connectivity index (χ2n) is 6.80. The topological polar surface area (TPSA) is 60.9 Å². The first-order chi connectivity index (χ1) is 11.6. The number of hydrogen-bond acceptors (Lipinski definition) is 2. The number of rotatable bonds is 3. The Bertz CT molecular complexity index is 593. The van der Waals surface area contributed by atoms with Crippen LogP contribution < -0.4 is 0 Å². The molecule has 5 nitrogen and oxygen atoms in total. The van der Waals surface area contributed by atoms with Gasteiger partial charge in [0.15, 0.2) is 0 Å². The van der Waals surface area contributed by atoms with Crippen molar-refractivity contribution in [1.82, 2.24) is 9.80 Å². The van der Waals surface area contributed by atoms with Gasteiger partial charge in [-0.1, -0.05) is 31.2 Å². The Morgan fingerprint density at radius 3 is 2.33 bits per heavy atom. The van der Waals surface area contributed by atoms with E-state index in [1.54, 1.807) is 4.90 Å². The molecule has 24 heavy (non-hydrogen) atoms. The molecule has 2 aliphatic rings. The maximum atomic E-state index is 12.9. The van der Waals surface area contributed by atoms with E-state index in [0.29, 0.717) is 13.0 Å². The molecule has 2 saturated heterocycles. The summed E-state index contributed by atoms with van der Waals surface area (Å²) in [5.41, 5.74) is 2.16. The average Bonchev–Trinajstić information content (AvgIpc) is 3.15. The summed E-state index contributed by atoms with van der Waals surface area (Å²) in [4.78, 5) is 28.4. The predicted octanol–water partition coefficient (Wildman–Crippen LogP) is 3.30. The number of carbonyl (C=O) groups is 2. The Morgan fingerprint density at radius 2 is 1.75 bits per heavy atom. The molecule has 2 amide bonds. The molecule has 0 spiro atoms. The average molecular weight is 330 g/mol. The largest absolute Gasteiger partial charge is 0.481 e. The fraction of sp³-hybridized carbons (Fsp3) is 0.579. The van der Waals surface area contributed by atoms with Crippen LogP contribution in [0.25, 0.3) is 0 Å². The monoisotopic (exact) mass is 330 g/mol. The van der Waals surface area contributed by atoms with Crippen LogP contribution in [0, 0.1) is 5.92 Å². The van der Waals surface area contributed by atoms with Crippen molar-refractivity contribution >= 4 is 12.0 Å². The summed E-state index contributed by atoms with van der Waals surface area (Å²) in [6.07, 6.45) is 4.40. The smallest absolute Gasteiger partial charge is 0.320 e. The summed E-state index contributed by atoms with van der Waals surface area (Å²) in [6, 6.07) is 7.71. The number of aryl methyl sites for hydroxylation is 1. The lowest BCUT2D eigenvalue weighted by Crippen LogP contribution is -2.49. The Hall–Kier alpha value is -2.04. The number of nitrogens with zero attached hydrogens (tertiary/aromatic N) is 2. The molecule has 0 aromatic heterocycles. The molecule has 2 aliphatic heterocycles. The highest BCUT2D eigenvalue weighted by Crippen LogP contribution is 2.37. The van der Waals surface area contributed by atoms with Crippen molar-refractivity contribution in [2.45, 2.75) is 45.1 Å². The van der Waals surface area contributed by atoms with Crippen LogP contribution in [0.3, 0.4) is 0 Å². The molecule has 130 valence electrons. The number of amides is 2. The molecule has 2 atom stereocenters. The number of carboxylic acids is 1. The van der Waals surface area contributed by atoms with E-state index in [-0.39, 0.29) is 12.1 Å². The lowest BCUT2D eigenvalue weighted by atomic mass is 9.84. The molecular weight excluding hydrogens is 304 g/mol. The predicted molar refractivity (Wildman–Crippen MR) is 91.8 cm³/mol. The minimum atomic E-state index is -0.807. The van der Waals surface area contributed by atoms with Crippen LogP contribution in [-0.4, -0.2) is 46.5 Å². The number of carbonyl (C=O) groups excluding carboxylic acids is 1. The fourth-order valence-electron chi connectivity index (χ4n) is 3.92. The van der Waals surface area contributed by atoms with Gasteiger partial charge in [-0.25, -0.2) is 4.79 Å². The van der Waals surface area contributed by atoms with Gasteiger partial charge in [-0.3, -0.25) is 4.79 Å². The minimum absolute atomic E-state index is 0.00279. The van der Waals surface area contributed by atoms with E-state index in [1.807, 2.05) is 29.2 Å². The molecule has 0 bridgehead atoms. The van der Waals surface area contributed by atoms with Crippen molar-refractivity contribution in [2.24, 2.45) is 5.92 Å². The maximum Gasteiger partial charge on any atom is 0.320 e. The van der Waals surface area contributed by atoms with Gasteiger partial charge >= 0.3 is 12.0 Å². The van der Waals surface area contributed by atoms with Gasteiger partial charge < -0.3 is 14.9 Å². The van der Waals surface area contributed by atoms with Crippen LogP contribution in [0.15, 0.2) is 24.3 Å².